The van der Waals surface area contributed by atoms with E-state index in [0.29, 0.717) is 5.56 Å². The quantitative estimate of drug-likeness (QED) is 0.797. The van der Waals surface area contributed by atoms with Crippen LogP contribution in [-0.4, -0.2) is 37.6 Å². The lowest BCUT2D eigenvalue weighted by Crippen LogP contribution is -2.26. The summed E-state index contributed by atoms with van der Waals surface area (Å²) >= 11 is 0. The van der Waals surface area contributed by atoms with E-state index >= 15 is 0 Å². The molecule has 0 aliphatic heterocycles. The fraction of sp³-hybridized carbons (Fsp3) is 0.357. The van der Waals surface area contributed by atoms with Crippen molar-refractivity contribution in [1.82, 2.24) is 19.7 Å². The van der Waals surface area contributed by atoms with Crippen LogP contribution in [0, 0.1) is 6.92 Å². The summed E-state index contributed by atoms with van der Waals surface area (Å²) in [4.78, 5) is 11.8. The van der Waals surface area contributed by atoms with Crippen molar-refractivity contribution in [2.45, 2.75) is 19.2 Å². The van der Waals surface area contributed by atoms with E-state index < -0.39 is 10.0 Å². The van der Waals surface area contributed by atoms with Gasteiger partial charge in [-0.05, 0) is 12.5 Å². The number of nitrogens with zero attached hydrogens (tertiary/aromatic N) is 3. The molecule has 124 valence electrons. The summed E-state index contributed by atoms with van der Waals surface area (Å²) in [7, 11) is -0.714. The fourth-order valence-corrected chi connectivity index (χ4v) is 2.96. The Morgan fingerprint density at radius 1 is 1.09 bits per heavy atom. The summed E-state index contributed by atoms with van der Waals surface area (Å²) in [6, 6.07) is 7.44. The number of benzene rings is 1. The Balaban J connectivity index is 2.07. The zero-order chi connectivity index (χ0) is 16.9. The summed E-state index contributed by atoms with van der Waals surface area (Å²) in [5.41, 5.74) is 1.72. The first-order chi connectivity index (χ1) is 10.9. The van der Waals surface area contributed by atoms with E-state index in [1.807, 2.05) is 25.1 Å². The predicted molar refractivity (Wildman–Crippen MR) is 83.6 cm³/mol. The predicted octanol–water partition coefficient (Wildman–Crippen LogP) is 0.817. The van der Waals surface area contributed by atoms with Gasteiger partial charge in [0.05, 0.1) is 26.5 Å². The van der Waals surface area contributed by atoms with Crippen LogP contribution in [0.15, 0.2) is 24.3 Å². The largest absolute Gasteiger partial charge is 0.467 e. The highest BCUT2D eigenvalue weighted by Gasteiger charge is 2.14. The highest BCUT2D eigenvalue weighted by atomic mass is 32.2. The SMILES string of the molecule is COc1nc(CNS(=O)(=O)Cc2cccc(C)c2)nc(OC)n1. The van der Waals surface area contributed by atoms with Crippen molar-refractivity contribution >= 4 is 10.0 Å². The molecule has 1 aromatic carbocycles. The Labute approximate surface area is 135 Å². The topological polar surface area (TPSA) is 103 Å². The minimum Gasteiger partial charge on any atom is -0.467 e. The van der Waals surface area contributed by atoms with Gasteiger partial charge < -0.3 is 9.47 Å². The van der Waals surface area contributed by atoms with Crippen molar-refractivity contribution in [3.05, 3.63) is 41.2 Å². The zero-order valence-corrected chi connectivity index (χ0v) is 13.9. The third kappa shape index (κ3) is 5.15. The Kier molecular flexibility index (Phi) is 5.45. The Hall–Kier alpha value is -2.26. The van der Waals surface area contributed by atoms with Crippen LogP contribution in [0.4, 0.5) is 0 Å². The van der Waals surface area contributed by atoms with Crippen molar-refractivity contribution in [2.75, 3.05) is 14.2 Å². The molecule has 9 heteroatoms. The number of nitrogens with one attached hydrogen (secondary N) is 1. The van der Waals surface area contributed by atoms with Crippen molar-refractivity contribution in [1.29, 1.82) is 0 Å². The van der Waals surface area contributed by atoms with E-state index in [2.05, 4.69) is 19.7 Å². The molecule has 0 aliphatic carbocycles. The molecule has 1 aromatic heterocycles. The second-order valence-corrected chi connectivity index (χ2v) is 6.60. The normalized spacial score (nSPS) is 11.3. The number of methoxy groups -OCH3 is 2. The van der Waals surface area contributed by atoms with E-state index in [4.69, 9.17) is 9.47 Å². The maximum absolute atomic E-state index is 12.1. The molecule has 0 atom stereocenters. The molecule has 0 fully saturated rings. The van der Waals surface area contributed by atoms with Crippen molar-refractivity contribution < 1.29 is 17.9 Å². The molecule has 0 aliphatic rings. The van der Waals surface area contributed by atoms with Crippen LogP contribution in [0.25, 0.3) is 0 Å². The van der Waals surface area contributed by atoms with Crippen LogP contribution in [0.3, 0.4) is 0 Å². The van der Waals surface area contributed by atoms with Gasteiger partial charge in [-0.1, -0.05) is 29.8 Å². The van der Waals surface area contributed by atoms with E-state index in [9.17, 15) is 8.42 Å². The van der Waals surface area contributed by atoms with E-state index in [-0.39, 0.29) is 30.1 Å². The first-order valence-electron chi connectivity index (χ1n) is 6.77. The number of rotatable bonds is 7. The summed E-state index contributed by atoms with van der Waals surface area (Å²) in [5.74, 6) is 0.0927. The molecule has 0 radical (unpaired) electrons. The van der Waals surface area contributed by atoms with Gasteiger partial charge in [0, 0.05) is 0 Å². The molecular formula is C14H18N4O4S. The van der Waals surface area contributed by atoms with Gasteiger partial charge in [0.15, 0.2) is 5.82 Å². The minimum absolute atomic E-state index is 0.0599. The van der Waals surface area contributed by atoms with Crippen molar-refractivity contribution in [3.63, 3.8) is 0 Å². The van der Waals surface area contributed by atoms with Gasteiger partial charge in [0.1, 0.15) is 0 Å². The molecule has 0 saturated heterocycles. The first-order valence-corrected chi connectivity index (χ1v) is 8.43. The minimum atomic E-state index is -3.52. The van der Waals surface area contributed by atoms with Crippen LogP contribution in [0.1, 0.15) is 17.0 Å². The van der Waals surface area contributed by atoms with E-state index in [1.165, 1.54) is 14.2 Å². The monoisotopic (exact) mass is 338 g/mol. The second kappa shape index (κ2) is 7.34. The van der Waals surface area contributed by atoms with Crippen molar-refractivity contribution in [2.24, 2.45) is 0 Å². The number of sulfonamides is 1. The maximum atomic E-state index is 12.1. The molecule has 0 bridgehead atoms. The molecular weight excluding hydrogens is 320 g/mol. The number of hydrogen-bond acceptors (Lipinski definition) is 7. The zero-order valence-electron chi connectivity index (χ0n) is 13.1. The van der Waals surface area contributed by atoms with Gasteiger partial charge in [-0.15, -0.1) is 4.98 Å². The number of hydrogen-bond donors (Lipinski definition) is 1. The second-order valence-electron chi connectivity index (χ2n) is 4.79. The Bertz CT molecular complexity index is 758. The molecule has 2 rings (SSSR count). The summed E-state index contributed by atoms with van der Waals surface area (Å²) in [6.45, 7) is 1.83. The average molecular weight is 338 g/mol. The van der Waals surface area contributed by atoms with Crippen LogP contribution in [0.2, 0.25) is 0 Å². The molecule has 1 N–H and O–H groups in total. The number of ether oxygens (including phenoxy) is 2. The van der Waals surface area contributed by atoms with E-state index in [0.717, 1.165) is 5.56 Å². The van der Waals surface area contributed by atoms with Gasteiger partial charge in [-0.2, -0.15) is 9.97 Å². The molecule has 0 saturated carbocycles. The Morgan fingerprint density at radius 2 is 1.74 bits per heavy atom. The maximum Gasteiger partial charge on any atom is 0.322 e. The standard InChI is InChI=1S/C14H18N4O4S/c1-10-5-4-6-11(7-10)9-23(19,20)15-8-12-16-13(21-2)18-14(17-12)22-3/h4-7,15H,8-9H2,1-3H3. The van der Waals surface area contributed by atoms with Crippen LogP contribution in [-0.2, 0) is 22.3 Å². The van der Waals surface area contributed by atoms with Gasteiger partial charge in [0.25, 0.3) is 0 Å². The summed E-state index contributed by atoms with van der Waals surface area (Å²) in [6.07, 6.45) is 0. The lowest BCUT2D eigenvalue weighted by Gasteiger charge is -2.08. The lowest BCUT2D eigenvalue weighted by molar-refractivity contribution is 0.336. The highest BCUT2D eigenvalue weighted by Crippen LogP contribution is 2.10. The number of aryl methyl sites for hydroxylation is 1. The van der Waals surface area contributed by atoms with Gasteiger partial charge in [-0.25, -0.2) is 13.1 Å². The molecule has 8 nitrogen and oxygen atoms in total. The summed E-state index contributed by atoms with van der Waals surface area (Å²) in [5, 5.41) is 0. The third-order valence-electron chi connectivity index (χ3n) is 2.90. The van der Waals surface area contributed by atoms with Crippen LogP contribution in [0.5, 0.6) is 12.0 Å². The van der Waals surface area contributed by atoms with Crippen LogP contribution >= 0.6 is 0 Å². The fourth-order valence-electron chi connectivity index (χ4n) is 1.89. The highest BCUT2D eigenvalue weighted by molar-refractivity contribution is 7.88. The van der Waals surface area contributed by atoms with Gasteiger partial charge >= 0.3 is 12.0 Å². The molecule has 2 aromatic rings. The first kappa shape index (κ1) is 17.1. The third-order valence-corrected chi connectivity index (χ3v) is 4.19. The lowest BCUT2D eigenvalue weighted by atomic mass is 10.2. The van der Waals surface area contributed by atoms with Crippen molar-refractivity contribution in [3.8, 4) is 12.0 Å². The van der Waals surface area contributed by atoms with Crippen LogP contribution < -0.4 is 14.2 Å². The smallest absolute Gasteiger partial charge is 0.322 e. The molecule has 1 heterocycles. The average Bonchev–Trinajstić information content (AvgIpc) is 2.52. The molecule has 0 unspecified atom stereocenters. The molecule has 0 amide bonds. The van der Waals surface area contributed by atoms with E-state index in [1.54, 1.807) is 6.07 Å². The summed E-state index contributed by atoms with van der Waals surface area (Å²) < 4.78 is 36.6. The number of aromatic nitrogens is 3. The van der Waals surface area contributed by atoms with Gasteiger partial charge in [0.2, 0.25) is 10.0 Å². The van der Waals surface area contributed by atoms with Gasteiger partial charge in [-0.3, -0.25) is 0 Å². The Morgan fingerprint density at radius 3 is 2.30 bits per heavy atom. The molecule has 23 heavy (non-hydrogen) atoms. The molecule has 0 spiro atoms.